The van der Waals surface area contributed by atoms with Crippen LogP contribution in [0.2, 0.25) is 0 Å². The molecule has 1 atom stereocenters. The van der Waals surface area contributed by atoms with E-state index in [2.05, 4.69) is 20.8 Å². The molecular formula is C14H28O3. The Bertz CT molecular complexity index is 188. The average Bonchev–Trinajstić information content (AvgIpc) is 3.07. The quantitative estimate of drug-likeness (QED) is 0.413. The zero-order valence-corrected chi connectivity index (χ0v) is 11.7. The van der Waals surface area contributed by atoms with E-state index in [1.807, 2.05) is 0 Å². The summed E-state index contributed by atoms with van der Waals surface area (Å²) in [5, 5.41) is 0. The highest BCUT2D eigenvalue weighted by atomic mass is 16.6. The first-order valence-corrected chi connectivity index (χ1v) is 6.91. The van der Waals surface area contributed by atoms with E-state index in [4.69, 9.17) is 14.2 Å². The van der Waals surface area contributed by atoms with E-state index in [0.29, 0.717) is 6.10 Å². The van der Waals surface area contributed by atoms with Crippen LogP contribution in [0, 0.1) is 5.41 Å². The third-order valence-corrected chi connectivity index (χ3v) is 2.83. The summed E-state index contributed by atoms with van der Waals surface area (Å²) in [6, 6.07) is 0. The van der Waals surface area contributed by atoms with Crippen LogP contribution in [0.15, 0.2) is 0 Å². The third-order valence-electron chi connectivity index (χ3n) is 2.83. The standard InChI is InChI=1S/C14H28O3/c1-4-5-6-7-8-15-11-14(2,3)12-16-9-13-10-17-13/h13H,4-12H2,1-3H3. The van der Waals surface area contributed by atoms with Gasteiger partial charge in [0.1, 0.15) is 6.10 Å². The van der Waals surface area contributed by atoms with Crippen molar-refractivity contribution in [1.82, 2.24) is 0 Å². The Kier molecular flexibility index (Phi) is 7.09. The third kappa shape index (κ3) is 8.58. The molecule has 0 saturated carbocycles. The van der Waals surface area contributed by atoms with Gasteiger partial charge in [0.2, 0.25) is 0 Å². The van der Waals surface area contributed by atoms with Gasteiger partial charge in [0.15, 0.2) is 0 Å². The molecule has 102 valence electrons. The minimum Gasteiger partial charge on any atom is -0.381 e. The summed E-state index contributed by atoms with van der Waals surface area (Å²) in [5.41, 5.74) is 0.111. The summed E-state index contributed by atoms with van der Waals surface area (Å²) in [4.78, 5) is 0. The van der Waals surface area contributed by atoms with Gasteiger partial charge < -0.3 is 14.2 Å². The number of unbranched alkanes of at least 4 members (excludes halogenated alkanes) is 3. The molecular weight excluding hydrogens is 216 g/mol. The topological polar surface area (TPSA) is 31.0 Å². The lowest BCUT2D eigenvalue weighted by atomic mass is 9.96. The van der Waals surface area contributed by atoms with Gasteiger partial charge in [-0.1, -0.05) is 40.0 Å². The molecule has 0 aromatic rings. The fourth-order valence-corrected chi connectivity index (χ4v) is 1.65. The van der Waals surface area contributed by atoms with Crippen LogP contribution in [0.5, 0.6) is 0 Å². The predicted molar refractivity (Wildman–Crippen MR) is 69.3 cm³/mol. The highest BCUT2D eigenvalue weighted by Crippen LogP contribution is 2.18. The van der Waals surface area contributed by atoms with Gasteiger partial charge in [-0.05, 0) is 6.42 Å². The van der Waals surface area contributed by atoms with Crippen molar-refractivity contribution in [3.8, 4) is 0 Å². The average molecular weight is 244 g/mol. The molecule has 1 rings (SSSR count). The second kappa shape index (κ2) is 8.06. The Morgan fingerprint density at radius 1 is 1.12 bits per heavy atom. The van der Waals surface area contributed by atoms with Gasteiger partial charge in [-0.2, -0.15) is 0 Å². The van der Waals surface area contributed by atoms with E-state index < -0.39 is 0 Å². The van der Waals surface area contributed by atoms with Crippen LogP contribution in [0.1, 0.15) is 46.5 Å². The predicted octanol–water partition coefficient (Wildman–Crippen LogP) is 3.02. The van der Waals surface area contributed by atoms with Crippen LogP contribution in [0.4, 0.5) is 0 Å². The molecule has 1 heterocycles. The van der Waals surface area contributed by atoms with Crippen molar-refractivity contribution in [3.63, 3.8) is 0 Å². The van der Waals surface area contributed by atoms with Gasteiger partial charge in [0.25, 0.3) is 0 Å². The van der Waals surface area contributed by atoms with Gasteiger partial charge in [-0.25, -0.2) is 0 Å². The summed E-state index contributed by atoms with van der Waals surface area (Å²) in [6.07, 6.45) is 5.42. The molecule has 1 aliphatic rings. The van der Waals surface area contributed by atoms with Gasteiger partial charge >= 0.3 is 0 Å². The van der Waals surface area contributed by atoms with Crippen LogP contribution in [0.25, 0.3) is 0 Å². The fraction of sp³-hybridized carbons (Fsp3) is 1.00. The largest absolute Gasteiger partial charge is 0.381 e. The van der Waals surface area contributed by atoms with Crippen molar-refractivity contribution in [2.45, 2.75) is 52.6 Å². The van der Waals surface area contributed by atoms with Crippen molar-refractivity contribution in [3.05, 3.63) is 0 Å². The normalized spacial score (nSPS) is 19.6. The molecule has 0 radical (unpaired) electrons. The van der Waals surface area contributed by atoms with Gasteiger partial charge in [-0.3, -0.25) is 0 Å². The Balaban J connectivity index is 1.90. The summed E-state index contributed by atoms with van der Waals surface area (Å²) in [7, 11) is 0. The van der Waals surface area contributed by atoms with Crippen molar-refractivity contribution in [2.24, 2.45) is 5.41 Å². The summed E-state index contributed by atoms with van der Waals surface area (Å²) >= 11 is 0. The van der Waals surface area contributed by atoms with E-state index in [9.17, 15) is 0 Å². The van der Waals surface area contributed by atoms with Crippen LogP contribution in [0.3, 0.4) is 0 Å². The zero-order chi connectivity index (χ0) is 12.6. The fourth-order valence-electron chi connectivity index (χ4n) is 1.65. The molecule has 1 unspecified atom stereocenters. The highest BCUT2D eigenvalue weighted by molar-refractivity contribution is 4.71. The minimum absolute atomic E-state index is 0.111. The lowest BCUT2D eigenvalue weighted by Crippen LogP contribution is -2.26. The first-order chi connectivity index (χ1) is 8.14. The van der Waals surface area contributed by atoms with E-state index in [1.165, 1.54) is 25.7 Å². The van der Waals surface area contributed by atoms with Gasteiger partial charge in [-0.15, -0.1) is 0 Å². The Morgan fingerprint density at radius 2 is 1.82 bits per heavy atom. The Hall–Kier alpha value is -0.120. The molecule has 0 aliphatic carbocycles. The van der Waals surface area contributed by atoms with Crippen LogP contribution in [-0.4, -0.2) is 39.1 Å². The maximum Gasteiger partial charge on any atom is 0.104 e. The molecule has 0 spiro atoms. The van der Waals surface area contributed by atoms with Crippen molar-refractivity contribution < 1.29 is 14.2 Å². The lowest BCUT2D eigenvalue weighted by Gasteiger charge is -2.24. The Labute approximate surface area is 106 Å². The maximum absolute atomic E-state index is 5.71. The molecule has 1 fully saturated rings. The van der Waals surface area contributed by atoms with Crippen molar-refractivity contribution >= 4 is 0 Å². The first-order valence-electron chi connectivity index (χ1n) is 6.91. The van der Waals surface area contributed by atoms with E-state index >= 15 is 0 Å². The lowest BCUT2D eigenvalue weighted by molar-refractivity contribution is -0.00770. The van der Waals surface area contributed by atoms with E-state index in [0.717, 1.165) is 33.0 Å². The molecule has 0 N–H and O–H groups in total. The van der Waals surface area contributed by atoms with Crippen molar-refractivity contribution in [2.75, 3.05) is 33.0 Å². The molecule has 1 aliphatic heterocycles. The number of rotatable bonds is 11. The number of hydrogen-bond acceptors (Lipinski definition) is 3. The summed E-state index contributed by atoms with van der Waals surface area (Å²) < 4.78 is 16.4. The summed E-state index contributed by atoms with van der Waals surface area (Å²) in [5.74, 6) is 0. The molecule has 3 nitrogen and oxygen atoms in total. The molecule has 0 bridgehead atoms. The molecule has 3 heteroatoms. The number of hydrogen-bond donors (Lipinski definition) is 0. The molecule has 0 amide bonds. The monoisotopic (exact) mass is 244 g/mol. The second-order valence-corrected chi connectivity index (χ2v) is 5.75. The van der Waals surface area contributed by atoms with Crippen LogP contribution < -0.4 is 0 Å². The van der Waals surface area contributed by atoms with Gasteiger partial charge in [0, 0.05) is 12.0 Å². The van der Waals surface area contributed by atoms with Crippen molar-refractivity contribution in [1.29, 1.82) is 0 Å². The molecule has 17 heavy (non-hydrogen) atoms. The number of epoxide rings is 1. The molecule has 0 aromatic carbocycles. The molecule has 0 aromatic heterocycles. The minimum atomic E-state index is 0.111. The zero-order valence-electron chi connectivity index (χ0n) is 11.7. The first kappa shape index (κ1) is 14.9. The van der Waals surface area contributed by atoms with E-state index in [-0.39, 0.29) is 5.41 Å². The van der Waals surface area contributed by atoms with Crippen LogP contribution >= 0.6 is 0 Å². The Morgan fingerprint density at radius 3 is 2.47 bits per heavy atom. The smallest absolute Gasteiger partial charge is 0.104 e. The maximum atomic E-state index is 5.71. The SMILES string of the molecule is CCCCCCOCC(C)(C)COCC1CO1. The van der Waals surface area contributed by atoms with Gasteiger partial charge in [0.05, 0.1) is 26.4 Å². The van der Waals surface area contributed by atoms with E-state index in [1.54, 1.807) is 0 Å². The second-order valence-electron chi connectivity index (χ2n) is 5.75. The highest BCUT2D eigenvalue weighted by Gasteiger charge is 2.25. The summed E-state index contributed by atoms with van der Waals surface area (Å²) in [6.45, 7) is 10.6. The molecule has 1 saturated heterocycles. The van der Waals surface area contributed by atoms with Crippen LogP contribution in [-0.2, 0) is 14.2 Å². The number of ether oxygens (including phenoxy) is 3.